The van der Waals surface area contributed by atoms with Crippen molar-refractivity contribution in [2.45, 2.75) is 45.1 Å². The molecule has 0 N–H and O–H groups in total. The first-order valence-electron chi connectivity index (χ1n) is 9.05. The molecule has 23 heavy (non-hydrogen) atoms. The number of nitrogens with zero attached hydrogens (tertiary/aromatic N) is 6. The molecule has 7 heteroatoms. The van der Waals surface area contributed by atoms with Crippen LogP contribution < -0.4 is 4.90 Å². The average Bonchev–Trinajstić information content (AvgIpc) is 3.42. The number of fused-ring (bicyclic) bond motifs is 1. The third-order valence-corrected chi connectivity index (χ3v) is 6.07. The normalized spacial score (nSPS) is 33.2. The second kappa shape index (κ2) is 5.18. The lowest BCUT2D eigenvalue weighted by atomic mass is 9.89. The van der Waals surface area contributed by atoms with Crippen LogP contribution in [0.4, 0.5) is 5.95 Å². The smallest absolute Gasteiger partial charge is 0.247 e. The topological polar surface area (TPSA) is 67.2 Å². The monoisotopic (exact) mass is 316 g/mol. The molecule has 124 valence electrons. The van der Waals surface area contributed by atoms with Crippen LogP contribution in [0.25, 0.3) is 0 Å². The van der Waals surface area contributed by atoms with Crippen LogP contribution in [0.3, 0.4) is 0 Å². The number of carbonyl (C=O) groups excluding carboxylic acids is 1. The molecule has 0 spiro atoms. The molecule has 0 aromatic carbocycles. The van der Waals surface area contributed by atoms with Crippen molar-refractivity contribution in [3.8, 4) is 0 Å². The zero-order chi connectivity index (χ0) is 15.4. The van der Waals surface area contributed by atoms with Crippen LogP contribution in [0.15, 0.2) is 0 Å². The minimum atomic E-state index is 0.213. The Morgan fingerprint density at radius 3 is 2.70 bits per heavy atom. The number of hydrogen-bond donors (Lipinski definition) is 0. The van der Waals surface area contributed by atoms with E-state index in [2.05, 4.69) is 15.5 Å². The lowest BCUT2D eigenvalue weighted by molar-refractivity contribution is -0.126. The van der Waals surface area contributed by atoms with E-state index in [-0.39, 0.29) is 5.91 Å². The summed E-state index contributed by atoms with van der Waals surface area (Å²) in [4.78, 5) is 16.2. The molecule has 4 fully saturated rings. The summed E-state index contributed by atoms with van der Waals surface area (Å²) in [5, 5.41) is 12.3. The lowest BCUT2D eigenvalue weighted by Gasteiger charge is -2.23. The summed E-state index contributed by atoms with van der Waals surface area (Å²) in [6.45, 7) is 2.87. The summed E-state index contributed by atoms with van der Waals surface area (Å²) >= 11 is 0. The van der Waals surface area contributed by atoms with Gasteiger partial charge in [-0.15, -0.1) is 0 Å². The van der Waals surface area contributed by atoms with Gasteiger partial charge in [0.05, 0.1) is 6.67 Å². The van der Waals surface area contributed by atoms with E-state index in [4.69, 9.17) is 0 Å². The molecule has 5 rings (SSSR count). The molecule has 3 unspecified atom stereocenters. The lowest BCUT2D eigenvalue weighted by Crippen LogP contribution is -2.30. The van der Waals surface area contributed by atoms with Gasteiger partial charge in [0.2, 0.25) is 11.9 Å². The van der Waals surface area contributed by atoms with Crippen molar-refractivity contribution in [3.63, 3.8) is 0 Å². The average molecular weight is 316 g/mol. The van der Waals surface area contributed by atoms with Gasteiger partial charge in [0.15, 0.2) is 0 Å². The first-order chi connectivity index (χ1) is 11.3. The highest BCUT2D eigenvalue weighted by atomic mass is 16.2. The molecule has 4 aliphatic rings. The van der Waals surface area contributed by atoms with Crippen LogP contribution in [0.5, 0.6) is 0 Å². The van der Waals surface area contributed by atoms with E-state index in [1.165, 1.54) is 38.5 Å². The maximum Gasteiger partial charge on any atom is 0.247 e. The number of anilines is 1. The minimum absolute atomic E-state index is 0.213. The SMILES string of the molecule is O=C1CN(c2nnnn2CC2CCC3CC3C2)CN1CC1CC1. The van der Waals surface area contributed by atoms with Crippen LogP contribution in [0.2, 0.25) is 0 Å². The van der Waals surface area contributed by atoms with Gasteiger partial charge in [0.25, 0.3) is 0 Å². The summed E-state index contributed by atoms with van der Waals surface area (Å²) in [7, 11) is 0. The Balaban J connectivity index is 1.26. The van der Waals surface area contributed by atoms with Crippen LogP contribution in [-0.4, -0.2) is 50.8 Å². The minimum Gasteiger partial charge on any atom is -0.323 e. The molecule has 1 amide bonds. The van der Waals surface area contributed by atoms with Crippen molar-refractivity contribution in [3.05, 3.63) is 0 Å². The fraction of sp³-hybridized carbons (Fsp3) is 0.875. The van der Waals surface area contributed by atoms with Gasteiger partial charge in [-0.3, -0.25) is 4.79 Å². The Labute approximate surface area is 136 Å². The van der Waals surface area contributed by atoms with Crippen molar-refractivity contribution >= 4 is 11.9 Å². The zero-order valence-corrected chi connectivity index (χ0v) is 13.5. The predicted molar refractivity (Wildman–Crippen MR) is 83.4 cm³/mol. The molecule has 7 nitrogen and oxygen atoms in total. The summed E-state index contributed by atoms with van der Waals surface area (Å²) in [6.07, 6.45) is 7.99. The number of tetrazole rings is 1. The van der Waals surface area contributed by atoms with E-state index in [1.54, 1.807) is 0 Å². The molecule has 0 radical (unpaired) electrons. The molecular formula is C16H24N6O. The van der Waals surface area contributed by atoms with Gasteiger partial charge >= 0.3 is 0 Å². The van der Waals surface area contributed by atoms with Crippen LogP contribution in [0.1, 0.15) is 38.5 Å². The van der Waals surface area contributed by atoms with Crippen molar-refractivity contribution in [2.75, 3.05) is 24.7 Å². The third-order valence-electron chi connectivity index (χ3n) is 6.07. The second-order valence-corrected chi connectivity index (χ2v) is 7.99. The van der Waals surface area contributed by atoms with Gasteiger partial charge in [0, 0.05) is 13.1 Å². The van der Waals surface area contributed by atoms with Gasteiger partial charge in [-0.05, 0) is 72.6 Å². The first kappa shape index (κ1) is 13.7. The highest BCUT2D eigenvalue weighted by Crippen LogP contribution is 2.51. The highest BCUT2D eigenvalue weighted by molar-refractivity contribution is 5.84. The van der Waals surface area contributed by atoms with Gasteiger partial charge in [0.1, 0.15) is 6.54 Å². The van der Waals surface area contributed by atoms with Crippen molar-refractivity contribution in [2.24, 2.45) is 23.7 Å². The maximum absolute atomic E-state index is 12.2. The Hall–Kier alpha value is -1.66. The molecule has 1 aromatic rings. The Morgan fingerprint density at radius 2 is 1.87 bits per heavy atom. The Morgan fingerprint density at radius 1 is 1.00 bits per heavy atom. The summed E-state index contributed by atoms with van der Waals surface area (Å²) in [6, 6.07) is 0. The molecule has 3 atom stereocenters. The van der Waals surface area contributed by atoms with E-state index in [0.717, 1.165) is 36.8 Å². The van der Waals surface area contributed by atoms with Gasteiger partial charge < -0.3 is 9.80 Å². The van der Waals surface area contributed by atoms with Crippen molar-refractivity contribution in [1.82, 2.24) is 25.1 Å². The fourth-order valence-electron chi connectivity index (χ4n) is 4.41. The number of hydrogen-bond acceptors (Lipinski definition) is 5. The van der Waals surface area contributed by atoms with Crippen LogP contribution >= 0.6 is 0 Å². The second-order valence-electron chi connectivity index (χ2n) is 7.99. The molecule has 3 aliphatic carbocycles. The molecular weight excluding hydrogens is 292 g/mol. The fourth-order valence-corrected chi connectivity index (χ4v) is 4.41. The van der Waals surface area contributed by atoms with Crippen LogP contribution in [0, 0.1) is 23.7 Å². The van der Waals surface area contributed by atoms with Gasteiger partial charge in [-0.25, -0.2) is 4.68 Å². The summed E-state index contributed by atoms with van der Waals surface area (Å²) in [5.41, 5.74) is 0. The molecule has 2 heterocycles. The van der Waals surface area contributed by atoms with Crippen molar-refractivity contribution in [1.29, 1.82) is 0 Å². The van der Waals surface area contributed by atoms with E-state index in [1.807, 2.05) is 14.5 Å². The largest absolute Gasteiger partial charge is 0.323 e. The molecule has 3 saturated carbocycles. The first-order valence-corrected chi connectivity index (χ1v) is 9.05. The predicted octanol–water partition coefficient (Wildman–Crippen LogP) is 1.13. The number of aromatic nitrogens is 4. The van der Waals surface area contributed by atoms with Crippen molar-refractivity contribution < 1.29 is 4.79 Å². The highest BCUT2D eigenvalue weighted by Gasteiger charge is 2.42. The quantitative estimate of drug-likeness (QED) is 0.814. The summed E-state index contributed by atoms with van der Waals surface area (Å²) in [5.74, 6) is 4.40. The molecule has 1 aromatic heterocycles. The number of amides is 1. The van der Waals surface area contributed by atoms with Gasteiger partial charge in [-0.1, -0.05) is 5.10 Å². The molecule has 1 saturated heterocycles. The van der Waals surface area contributed by atoms with E-state index in [0.29, 0.717) is 19.1 Å². The maximum atomic E-state index is 12.2. The molecule has 0 bridgehead atoms. The van der Waals surface area contributed by atoms with E-state index in [9.17, 15) is 4.79 Å². The molecule has 1 aliphatic heterocycles. The van der Waals surface area contributed by atoms with Gasteiger partial charge in [-0.2, -0.15) is 0 Å². The standard InChI is InChI=1S/C16H24N6O/c23-15-9-21(10-20(15)7-11-1-2-11)16-17-18-19-22(16)8-12-3-4-13-6-14(13)5-12/h11-14H,1-10H2. The Kier molecular flexibility index (Phi) is 3.09. The number of carbonyl (C=O) groups is 1. The zero-order valence-electron chi connectivity index (χ0n) is 13.5. The third kappa shape index (κ3) is 2.70. The Bertz CT molecular complexity index is 611. The summed E-state index contributed by atoms with van der Waals surface area (Å²) < 4.78 is 1.93. The van der Waals surface area contributed by atoms with E-state index < -0.39 is 0 Å². The van der Waals surface area contributed by atoms with Crippen LogP contribution in [-0.2, 0) is 11.3 Å². The number of rotatable bonds is 5. The van der Waals surface area contributed by atoms with E-state index >= 15 is 0 Å².